The molecule has 1 aromatic rings. The van der Waals surface area contributed by atoms with Gasteiger partial charge in [-0.05, 0) is 12.1 Å². The minimum absolute atomic E-state index is 0.486. The van der Waals surface area contributed by atoms with Crippen LogP contribution in [-0.4, -0.2) is 35.5 Å². The zero-order valence-corrected chi connectivity index (χ0v) is 11.5. The number of aliphatic imine (C=N–C) groups is 1. The average Bonchev–Trinajstić information content (AvgIpc) is 2.35. The van der Waals surface area contributed by atoms with Crippen LogP contribution in [0, 0.1) is 0 Å². The van der Waals surface area contributed by atoms with Gasteiger partial charge in [-0.15, -0.1) is 0 Å². The number of benzene rings is 1. The van der Waals surface area contributed by atoms with E-state index >= 15 is 0 Å². The van der Waals surface area contributed by atoms with E-state index in [-0.39, 0.29) is 0 Å². The first kappa shape index (κ1) is 12.9. The second-order valence-electron chi connectivity index (χ2n) is 3.64. The topological polar surface area (TPSA) is 41.6 Å². The Labute approximate surface area is 115 Å². The van der Waals surface area contributed by atoms with Crippen molar-refractivity contribution in [3.63, 3.8) is 0 Å². The molecule has 1 aliphatic rings. The molecule has 0 aliphatic carbocycles. The van der Waals surface area contributed by atoms with Crippen LogP contribution in [0.2, 0.25) is 10.0 Å². The second kappa shape index (κ2) is 5.85. The van der Waals surface area contributed by atoms with E-state index in [0.717, 1.165) is 24.6 Å². The van der Waals surface area contributed by atoms with Crippen LogP contribution in [0.5, 0.6) is 0 Å². The number of para-hydroxylation sites is 1. The first-order valence-electron chi connectivity index (χ1n) is 5.29. The highest BCUT2D eigenvalue weighted by molar-refractivity contribution is 7.99. The first-order valence-corrected chi connectivity index (χ1v) is 7.20. The average molecular weight is 290 g/mol. The molecule has 3 nitrogen and oxygen atoms in total. The number of rotatable bonds is 1. The third kappa shape index (κ3) is 3.21. The van der Waals surface area contributed by atoms with Crippen LogP contribution in [-0.2, 0) is 0 Å². The zero-order chi connectivity index (χ0) is 12.3. The van der Waals surface area contributed by atoms with Gasteiger partial charge in [-0.25, -0.2) is 4.99 Å². The summed E-state index contributed by atoms with van der Waals surface area (Å²) in [5.74, 6) is 2.64. The summed E-state index contributed by atoms with van der Waals surface area (Å²) in [4.78, 5) is 6.38. The fraction of sp³-hybridized carbons (Fsp3) is 0.364. The number of halogens is 2. The lowest BCUT2D eigenvalue weighted by Crippen LogP contribution is -2.42. The van der Waals surface area contributed by atoms with Gasteiger partial charge in [0.15, 0.2) is 5.96 Å². The van der Waals surface area contributed by atoms with Gasteiger partial charge in [0.25, 0.3) is 0 Å². The van der Waals surface area contributed by atoms with Gasteiger partial charge >= 0.3 is 0 Å². The van der Waals surface area contributed by atoms with Crippen molar-refractivity contribution in [3.05, 3.63) is 28.2 Å². The van der Waals surface area contributed by atoms with Gasteiger partial charge in [-0.3, -0.25) is 0 Å². The fourth-order valence-corrected chi connectivity index (χ4v) is 2.96. The molecule has 0 atom stereocenters. The van der Waals surface area contributed by atoms with E-state index in [1.54, 1.807) is 18.2 Å². The molecule has 2 N–H and O–H groups in total. The van der Waals surface area contributed by atoms with Crippen molar-refractivity contribution < 1.29 is 0 Å². The molecule has 1 saturated heterocycles. The molecule has 0 saturated carbocycles. The number of hydrogen-bond donors (Lipinski definition) is 1. The van der Waals surface area contributed by atoms with E-state index in [0.29, 0.717) is 21.7 Å². The first-order chi connectivity index (χ1) is 8.18. The summed E-state index contributed by atoms with van der Waals surface area (Å²) in [6.45, 7) is 1.84. The van der Waals surface area contributed by atoms with Gasteiger partial charge in [0, 0.05) is 24.6 Å². The van der Waals surface area contributed by atoms with Gasteiger partial charge in [0.2, 0.25) is 0 Å². The minimum atomic E-state index is 0.486. The third-order valence-electron chi connectivity index (χ3n) is 2.50. The van der Waals surface area contributed by atoms with Crippen LogP contribution in [0.4, 0.5) is 5.69 Å². The molecule has 1 aromatic carbocycles. The molecule has 0 amide bonds. The van der Waals surface area contributed by atoms with Crippen LogP contribution in [0.3, 0.4) is 0 Å². The molecular weight excluding hydrogens is 277 g/mol. The van der Waals surface area contributed by atoms with Crippen LogP contribution >= 0.6 is 35.0 Å². The smallest absolute Gasteiger partial charge is 0.196 e. The highest BCUT2D eigenvalue weighted by atomic mass is 35.5. The van der Waals surface area contributed by atoms with Crippen molar-refractivity contribution in [2.24, 2.45) is 10.7 Å². The molecule has 17 heavy (non-hydrogen) atoms. The lowest BCUT2D eigenvalue weighted by molar-refractivity contribution is 0.458. The quantitative estimate of drug-likeness (QED) is 0.638. The van der Waals surface area contributed by atoms with Crippen molar-refractivity contribution >= 4 is 46.6 Å². The Morgan fingerprint density at radius 3 is 2.41 bits per heavy atom. The Hall–Kier alpha value is -0.580. The molecule has 1 heterocycles. The van der Waals surface area contributed by atoms with Crippen molar-refractivity contribution in [3.8, 4) is 0 Å². The normalized spacial score (nSPS) is 17.3. The van der Waals surface area contributed by atoms with Crippen LogP contribution in [0.15, 0.2) is 23.2 Å². The lowest BCUT2D eigenvalue weighted by Gasteiger charge is -2.27. The molecule has 0 unspecified atom stereocenters. The molecule has 6 heteroatoms. The van der Waals surface area contributed by atoms with Gasteiger partial charge in [-0.1, -0.05) is 29.3 Å². The summed E-state index contributed by atoms with van der Waals surface area (Å²) < 4.78 is 0. The molecular formula is C11H13Cl2N3S. The number of guanidine groups is 1. The zero-order valence-electron chi connectivity index (χ0n) is 9.20. The molecule has 0 radical (unpaired) electrons. The molecule has 0 aromatic heterocycles. The summed E-state index contributed by atoms with van der Waals surface area (Å²) in [5, 5.41) is 1.04. The lowest BCUT2D eigenvalue weighted by atomic mass is 10.3. The molecule has 1 aliphatic heterocycles. The number of thioether (sulfide) groups is 1. The molecule has 0 spiro atoms. The van der Waals surface area contributed by atoms with Crippen LogP contribution in [0.1, 0.15) is 0 Å². The van der Waals surface area contributed by atoms with E-state index < -0.39 is 0 Å². The monoisotopic (exact) mass is 289 g/mol. The predicted molar refractivity (Wildman–Crippen MR) is 76.6 cm³/mol. The van der Waals surface area contributed by atoms with Gasteiger partial charge in [0.1, 0.15) is 5.69 Å². The van der Waals surface area contributed by atoms with E-state index in [2.05, 4.69) is 9.89 Å². The Balaban J connectivity index is 2.22. The van der Waals surface area contributed by atoms with Crippen LogP contribution in [0.25, 0.3) is 0 Å². The summed E-state index contributed by atoms with van der Waals surface area (Å²) in [6.07, 6.45) is 0. The van der Waals surface area contributed by atoms with E-state index in [1.165, 1.54) is 0 Å². The van der Waals surface area contributed by atoms with E-state index in [9.17, 15) is 0 Å². The summed E-state index contributed by atoms with van der Waals surface area (Å²) >= 11 is 14.0. The number of nitrogens with two attached hydrogens (primary N) is 1. The highest BCUT2D eigenvalue weighted by Crippen LogP contribution is 2.32. The van der Waals surface area contributed by atoms with Crippen molar-refractivity contribution in [2.75, 3.05) is 24.6 Å². The highest BCUT2D eigenvalue weighted by Gasteiger charge is 2.13. The van der Waals surface area contributed by atoms with Crippen molar-refractivity contribution in [1.82, 2.24) is 4.90 Å². The van der Waals surface area contributed by atoms with Gasteiger partial charge in [-0.2, -0.15) is 11.8 Å². The Morgan fingerprint density at radius 2 is 1.82 bits per heavy atom. The second-order valence-corrected chi connectivity index (χ2v) is 5.68. The Kier molecular flexibility index (Phi) is 4.42. The summed E-state index contributed by atoms with van der Waals surface area (Å²) in [6, 6.07) is 5.30. The minimum Gasteiger partial charge on any atom is -0.369 e. The van der Waals surface area contributed by atoms with E-state index in [1.807, 2.05) is 11.8 Å². The maximum absolute atomic E-state index is 6.04. The largest absolute Gasteiger partial charge is 0.369 e. The van der Waals surface area contributed by atoms with Gasteiger partial charge < -0.3 is 10.6 Å². The molecule has 0 bridgehead atoms. The predicted octanol–water partition coefficient (Wildman–Crippen LogP) is 2.99. The maximum Gasteiger partial charge on any atom is 0.196 e. The summed E-state index contributed by atoms with van der Waals surface area (Å²) in [7, 11) is 0. The Morgan fingerprint density at radius 1 is 1.24 bits per heavy atom. The van der Waals surface area contributed by atoms with E-state index in [4.69, 9.17) is 28.9 Å². The number of nitrogens with zero attached hydrogens (tertiary/aromatic N) is 2. The molecule has 2 rings (SSSR count). The SMILES string of the molecule is NC(=Nc1c(Cl)cccc1Cl)N1CCSCC1. The summed E-state index contributed by atoms with van der Waals surface area (Å²) in [5.41, 5.74) is 6.52. The standard InChI is InChI=1S/C11H13Cl2N3S/c12-8-2-1-3-9(13)10(8)15-11(14)16-4-6-17-7-5-16/h1-3H,4-7H2,(H2,14,15). The van der Waals surface area contributed by atoms with Crippen molar-refractivity contribution in [1.29, 1.82) is 0 Å². The molecule has 1 fully saturated rings. The maximum atomic E-state index is 6.04. The van der Waals surface area contributed by atoms with Crippen molar-refractivity contribution in [2.45, 2.75) is 0 Å². The number of hydrogen-bond acceptors (Lipinski definition) is 2. The Bertz CT molecular complexity index is 410. The fourth-order valence-electron chi connectivity index (χ4n) is 1.57. The third-order valence-corrected chi connectivity index (χ3v) is 4.05. The van der Waals surface area contributed by atoms with Gasteiger partial charge in [0.05, 0.1) is 10.0 Å². The molecule has 92 valence electrons. The van der Waals surface area contributed by atoms with Crippen LogP contribution < -0.4 is 5.73 Å².